The van der Waals surface area contributed by atoms with E-state index in [-0.39, 0.29) is 17.3 Å². The molecule has 1 aromatic carbocycles. The maximum atomic E-state index is 12.5. The van der Waals surface area contributed by atoms with Crippen LogP contribution in [0.5, 0.6) is 0 Å². The Hall–Kier alpha value is -2.78. The lowest BCUT2D eigenvalue weighted by Gasteiger charge is -2.13. The van der Waals surface area contributed by atoms with Gasteiger partial charge in [0.1, 0.15) is 0 Å². The molecule has 0 bridgehead atoms. The van der Waals surface area contributed by atoms with Gasteiger partial charge in [0.15, 0.2) is 4.34 Å². The number of pyridine rings is 1. The topological polar surface area (TPSA) is 98.0 Å². The van der Waals surface area contributed by atoms with Crippen molar-refractivity contribution in [2.75, 3.05) is 0 Å². The Morgan fingerprint density at radius 2 is 2.15 bits per heavy atom. The third kappa shape index (κ3) is 4.69. The van der Waals surface area contributed by atoms with Crippen LogP contribution in [0.1, 0.15) is 34.7 Å². The summed E-state index contributed by atoms with van der Waals surface area (Å²) in [4.78, 5) is 32.4. The molecule has 3 rings (SSSR count). The standard InChI is InChI=1S/C18H16N4O3S2/c1-11-10-26-18(20-11)27-16-7-6-13(9-15(16)22(24)25)17(23)21-12(2)14-5-3-4-8-19-14/h3-10,12H,1-2H3,(H,21,23). The molecular weight excluding hydrogens is 384 g/mol. The number of hydrogen-bond acceptors (Lipinski definition) is 7. The number of carbonyl (C=O) groups excluding carboxylic acids is 1. The van der Waals surface area contributed by atoms with E-state index in [0.29, 0.717) is 10.6 Å². The van der Waals surface area contributed by atoms with Crippen LogP contribution < -0.4 is 5.32 Å². The highest BCUT2D eigenvalue weighted by atomic mass is 32.2. The minimum Gasteiger partial charge on any atom is -0.344 e. The van der Waals surface area contributed by atoms with Gasteiger partial charge in [-0.15, -0.1) is 11.3 Å². The van der Waals surface area contributed by atoms with Crippen molar-refractivity contribution in [1.29, 1.82) is 0 Å². The van der Waals surface area contributed by atoms with E-state index < -0.39 is 10.8 Å². The van der Waals surface area contributed by atoms with E-state index >= 15 is 0 Å². The molecule has 2 heterocycles. The van der Waals surface area contributed by atoms with Crippen molar-refractivity contribution >= 4 is 34.7 Å². The maximum Gasteiger partial charge on any atom is 0.284 e. The maximum absolute atomic E-state index is 12.5. The number of aryl methyl sites for hydroxylation is 1. The van der Waals surface area contributed by atoms with Crippen LogP contribution in [-0.4, -0.2) is 20.8 Å². The first kappa shape index (κ1) is 19.0. The van der Waals surface area contributed by atoms with Gasteiger partial charge in [0.2, 0.25) is 0 Å². The van der Waals surface area contributed by atoms with Gasteiger partial charge in [-0.25, -0.2) is 4.98 Å². The number of aromatic nitrogens is 2. The van der Waals surface area contributed by atoms with Gasteiger partial charge < -0.3 is 5.32 Å². The summed E-state index contributed by atoms with van der Waals surface area (Å²) < 4.78 is 0.719. The summed E-state index contributed by atoms with van der Waals surface area (Å²) in [5.41, 5.74) is 1.69. The van der Waals surface area contributed by atoms with Gasteiger partial charge in [0.05, 0.1) is 21.6 Å². The quantitative estimate of drug-likeness (QED) is 0.486. The molecule has 0 fully saturated rings. The zero-order valence-corrected chi connectivity index (χ0v) is 16.2. The number of benzene rings is 1. The van der Waals surface area contributed by atoms with Crippen molar-refractivity contribution in [3.63, 3.8) is 0 Å². The fourth-order valence-electron chi connectivity index (χ4n) is 2.35. The zero-order chi connectivity index (χ0) is 19.4. The predicted molar refractivity (Wildman–Crippen MR) is 104 cm³/mol. The zero-order valence-electron chi connectivity index (χ0n) is 14.6. The predicted octanol–water partition coefficient (Wildman–Crippen LogP) is 4.40. The molecule has 27 heavy (non-hydrogen) atoms. The van der Waals surface area contributed by atoms with Crippen LogP contribution in [-0.2, 0) is 0 Å². The SMILES string of the molecule is Cc1csc(Sc2ccc(C(=O)NC(C)c3ccccn3)cc2[N+](=O)[O-])n1. The number of carbonyl (C=O) groups is 1. The average Bonchev–Trinajstić information content (AvgIpc) is 3.07. The molecule has 0 saturated carbocycles. The van der Waals surface area contributed by atoms with Gasteiger partial charge in [-0.2, -0.15) is 0 Å². The normalized spacial score (nSPS) is 11.8. The van der Waals surface area contributed by atoms with Gasteiger partial charge in [-0.1, -0.05) is 17.8 Å². The van der Waals surface area contributed by atoms with E-state index in [1.165, 1.54) is 29.2 Å². The van der Waals surface area contributed by atoms with E-state index in [2.05, 4.69) is 15.3 Å². The first-order valence-corrected chi connectivity index (χ1v) is 9.74. The Balaban J connectivity index is 1.80. The highest BCUT2D eigenvalue weighted by Crippen LogP contribution is 2.36. The number of nitro groups is 1. The number of amides is 1. The molecule has 0 spiro atoms. The lowest BCUT2D eigenvalue weighted by atomic mass is 10.1. The fraction of sp³-hybridized carbons (Fsp3) is 0.167. The van der Waals surface area contributed by atoms with E-state index in [4.69, 9.17) is 0 Å². The van der Waals surface area contributed by atoms with Gasteiger partial charge >= 0.3 is 0 Å². The summed E-state index contributed by atoms with van der Waals surface area (Å²) in [5, 5.41) is 16.2. The second-order valence-corrected chi connectivity index (χ2v) is 7.89. The summed E-state index contributed by atoms with van der Waals surface area (Å²) in [6.45, 7) is 3.68. The van der Waals surface area contributed by atoms with Gasteiger partial charge in [0.25, 0.3) is 11.6 Å². The number of nitrogens with zero attached hydrogens (tertiary/aromatic N) is 3. The minimum atomic E-state index is -0.484. The number of nitrogens with one attached hydrogen (secondary N) is 1. The van der Waals surface area contributed by atoms with Crippen LogP contribution in [0.25, 0.3) is 0 Å². The first-order valence-electron chi connectivity index (χ1n) is 8.04. The molecule has 0 aliphatic carbocycles. The fourth-order valence-corrected chi connectivity index (χ4v) is 4.23. The molecule has 138 valence electrons. The second kappa shape index (κ2) is 8.28. The number of hydrogen-bond donors (Lipinski definition) is 1. The molecule has 9 heteroatoms. The highest BCUT2D eigenvalue weighted by Gasteiger charge is 2.20. The van der Waals surface area contributed by atoms with Crippen LogP contribution in [0, 0.1) is 17.0 Å². The van der Waals surface area contributed by atoms with Crippen molar-refractivity contribution < 1.29 is 9.72 Å². The molecule has 1 unspecified atom stereocenters. The minimum absolute atomic E-state index is 0.119. The summed E-state index contributed by atoms with van der Waals surface area (Å²) in [6, 6.07) is 9.58. The largest absolute Gasteiger partial charge is 0.344 e. The molecule has 2 aromatic heterocycles. The molecule has 1 N–H and O–H groups in total. The molecule has 1 amide bonds. The Kier molecular flexibility index (Phi) is 5.82. The van der Waals surface area contributed by atoms with E-state index in [0.717, 1.165) is 10.0 Å². The summed E-state index contributed by atoms with van der Waals surface area (Å²) >= 11 is 2.64. The van der Waals surface area contributed by atoms with Crippen LogP contribution in [0.4, 0.5) is 5.69 Å². The third-order valence-electron chi connectivity index (χ3n) is 3.69. The van der Waals surface area contributed by atoms with Crippen molar-refractivity contribution in [2.45, 2.75) is 29.1 Å². The Bertz CT molecular complexity index is 976. The first-order chi connectivity index (χ1) is 12.9. The van der Waals surface area contributed by atoms with Gasteiger partial charge in [0, 0.05) is 28.9 Å². The van der Waals surface area contributed by atoms with Gasteiger partial charge in [-0.05, 0) is 38.1 Å². The van der Waals surface area contributed by atoms with Crippen molar-refractivity contribution in [3.8, 4) is 0 Å². The molecule has 0 saturated heterocycles. The van der Waals surface area contributed by atoms with Crippen molar-refractivity contribution in [3.05, 3.63) is 75.0 Å². The van der Waals surface area contributed by atoms with Crippen LogP contribution in [0.3, 0.4) is 0 Å². The van der Waals surface area contributed by atoms with E-state index in [1.54, 1.807) is 24.4 Å². The molecular formula is C18H16N4O3S2. The molecule has 3 aromatic rings. The number of rotatable bonds is 6. The van der Waals surface area contributed by atoms with Crippen molar-refractivity contribution in [2.24, 2.45) is 0 Å². The molecule has 0 aliphatic heterocycles. The summed E-state index contributed by atoms with van der Waals surface area (Å²) in [5.74, 6) is -0.391. The third-order valence-corrected chi connectivity index (χ3v) is 5.81. The highest BCUT2D eigenvalue weighted by molar-refractivity contribution is 8.01. The molecule has 0 radical (unpaired) electrons. The Morgan fingerprint density at radius 1 is 1.33 bits per heavy atom. The average molecular weight is 400 g/mol. The van der Waals surface area contributed by atoms with Gasteiger partial charge in [-0.3, -0.25) is 19.9 Å². The summed E-state index contributed by atoms with van der Waals surface area (Å²) in [6.07, 6.45) is 1.65. The molecule has 0 aliphatic rings. The molecule has 7 nitrogen and oxygen atoms in total. The lowest BCUT2D eigenvalue weighted by molar-refractivity contribution is -0.387. The van der Waals surface area contributed by atoms with E-state index in [9.17, 15) is 14.9 Å². The van der Waals surface area contributed by atoms with Crippen LogP contribution in [0.15, 0.2) is 57.2 Å². The Labute approximate surface area is 164 Å². The lowest BCUT2D eigenvalue weighted by Crippen LogP contribution is -2.27. The van der Waals surface area contributed by atoms with Crippen LogP contribution in [0.2, 0.25) is 0 Å². The monoisotopic (exact) mass is 400 g/mol. The van der Waals surface area contributed by atoms with Crippen molar-refractivity contribution in [1.82, 2.24) is 15.3 Å². The number of thiazole rings is 1. The van der Waals surface area contributed by atoms with Crippen LogP contribution >= 0.6 is 23.1 Å². The summed E-state index contributed by atoms with van der Waals surface area (Å²) in [7, 11) is 0. The smallest absolute Gasteiger partial charge is 0.284 e. The van der Waals surface area contributed by atoms with E-state index in [1.807, 2.05) is 31.4 Å². The Morgan fingerprint density at radius 3 is 2.78 bits per heavy atom. The molecule has 1 atom stereocenters. The number of nitro benzene ring substituents is 1. The second-order valence-electron chi connectivity index (χ2n) is 5.75.